The molecular weight excluding hydrogens is 246 g/mol. The maximum absolute atomic E-state index is 11.6. The van der Waals surface area contributed by atoms with E-state index in [0.717, 1.165) is 0 Å². The maximum Gasteiger partial charge on any atom is 0.415 e. The molecular formula is C11H10ClNO4. The van der Waals surface area contributed by atoms with Crippen molar-refractivity contribution in [2.24, 2.45) is 0 Å². The summed E-state index contributed by atoms with van der Waals surface area (Å²) in [5, 5.41) is 9.17. The Kier molecular flexibility index (Phi) is 3.19. The molecule has 0 radical (unpaired) electrons. The van der Waals surface area contributed by atoms with Crippen molar-refractivity contribution < 1.29 is 19.4 Å². The van der Waals surface area contributed by atoms with Crippen molar-refractivity contribution in [1.29, 1.82) is 0 Å². The first-order chi connectivity index (χ1) is 8.09. The fraction of sp³-hybridized carbons (Fsp3) is 0.273. The first-order valence-corrected chi connectivity index (χ1v) is 5.43. The lowest BCUT2D eigenvalue weighted by Crippen LogP contribution is -2.45. The van der Waals surface area contributed by atoms with Crippen molar-refractivity contribution in [3.05, 3.63) is 29.3 Å². The van der Waals surface area contributed by atoms with Crippen LogP contribution in [0.1, 0.15) is 6.42 Å². The van der Waals surface area contributed by atoms with Crippen LogP contribution in [0.5, 0.6) is 0 Å². The van der Waals surface area contributed by atoms with Gasteiger partial charge in [-0.3, -0.25) is 4.90 Å². The number of carbonyl (C=O) groups is 2. The quantitative estimate of drug-likeness (QED) is 0.879. The number of nitrogens with zero attached hydrogens (tertiary/aromatic N) is 1. The van der Waals surface area contributed by atoms with Crippen molar-refractivity contribution in [2.45, 2.75) is 12.5 Å². The second-order valence-corrected chi connectivity index (χ2v) is 4.01. The second-order valence-electron chi connectivity index (χ2n) is 3.60. The van der Waals surface area contributed by atoms with Crippen LogP contribution in [-0.4, -0.2) is 29.8 Å². The summed E-state index contributed by atoms with van der Waals surface area (Å²) in [5.41, 5.74) is 0.531. The molecule has 1 unspecified atom stereocenters. The number of amides is 1. The highest BCUT2D eigenvalue weighted by Gasteiger charge is 2.33. The van der Waals surface area contributed by atoms with Crippen molar-refractivity contribution in [3.63, 3.8) is 0 Å². The molecule has 0 spiro atoms. The van der Waals surface area contributed by atoms with Crippen LogP contribution < -0.4 is 4.90 Å². The van der Waals surface area contributed by atoms with Crippen molar-refractivity contribution in [3.8, 4) is 0 Å². The molecule has 5 nitrogen and oxygen atoms in total. The van der Waals surface area contributed by atoms with Gasteiger partial charge in [-0.1, -0.05) is 23.7 Å². The summed E-state index contributed by atoms with van der Waals surface area (Å²) in [4.78, 5) is 23.7. The number of cyclic esters (lactones) is 1. The number of para-hydroxylation sites is 1. The molecule has 0 saturated carbocycles. The Morgan fingerprint density at radius 3 is 2.76 bits per heavy atom. The Balaban J connectivity index is 2.18. The minimum Gasteiger partial charge on any atom is -0.479 e. The summed E-state index contributed by atoms with van der Waals surface area (Å²) >= 11 is 5.96. The number of rotatable bonds is 2. The van der Waals surface area contributed by atoms with Gasteiger partial charge in [-0.15, -0.1) is 0 Å². The van der Waals surface area contributed by atoms with Crippen LogP contribution in [0.15, 0.2) is 24.3 Å². The van der Waals surface area contributed by atoms with Gasteiger partial charge in [-0.25, -0.2) is 9.59 Å². The van der Waals surface area contributed by atoms with Crippen LogP contribution in [0.3, 0.4) is 0 Å². The number of hydrogen-bond donors (Lipinski definition) is 1. The van der Waals surface area contributed by atoms with E-state index < -0.39 is 18.2 Å². The molecule has 1 aromatic rings. The summed E-state index contributed by atoms with van der Waals surface area (Å²) in [6.45, 7) is 0.277. The highest BCUT2D eigenvalue weighted by atomic mass is 35.5. The predicted molar refractivity (Wildman–Crippen MR) is 61.3 cm³/mol. The minimum atomic E-state index is -1.13. The average molecular weight is 256 g/mol. The molecule has 1 saturated heterocycles. The van der Waals surface area contributed by atoms with Crippen LogP contribution in [0.4, 0.5) is 10.5 Å². The Bertz CT molecular complexity index is 463. The number of anilines is 1. The second kappa shape index (κ2) is 4.63. The Morgan fingerprint density at radius 2 is 2.18 bits per heavy atom. The molecule has 1 fully saturated rings. The van der Waals surface area contributed by atoms with Crippen LogP contribution in [-0.2, 0) is 9.53 Å². The topological polar surface area (TPSA) is 66.8 Å². The molecule has 1 heterocycles. The summed E-state index contributed by atoms with van der Waals surface area (Å²) in [6.07, 6.45) is -1.51. The van der Waals surface area contributed by atoms with E-state index in [0.29, 0.717) is 10.7 Å². The zero-order chi connectivity index (χ0) is 12.4. The van der Waals surface area contributed by atoms with Gasteiger partial charge in [-0.05, 0) is 12.1 Å². The fourth-order valence-corrected chi connectivity index (χ4v) is 1.88. The third-order valence-electron chi connectivity index (χ3n) is 2.50. The van der Waals surface area contributed by atoms with E-state index in [-0.39, 0.29) is 13.0 Å². The van der Waals surface area contributed by atoms with E-state index in [2.05, 4.69) is 0 Å². The van der Waals surface area contributed by atoms with E-state index in [1.165, 1.54) is 4.90 Å². The Labute approximate surface area is 103 Å². The largest absolute Gasteiger partial charge is 0.479 e. The molecule has 0 aliphatic carbocycles. The standard InChI is InChI=1S/C11H10ClNO4/c12-7-3-1-2-4-8(7)13-6-5-9(10(14)15)17-11(13)16/h1-4,9H,5-6H2,(H,14,15). The van der Waals surface area contributed by atoms with Crippen LogP contribution in [0, 0.1) is 0 Å². The van der Waals surface area contributed by atoms with Crippen LogP contribution in [0.2, 0.25) is 5.02 Å². The van der Waals surface area contributed by atoms with Gasteiger partial charge < -0.3 is 9.84 Å². The third-order valence-corrected chi connectivity index (χ3v) is 2.82. The van der Waals surface area contributed by atoms with E-state index in [9.17, 15) is 9.59 Å². The number of aliphatic carboxylic acids is 1. The molecule has 0 bridgehead atoms. The molecule has 1 atom stereocenters. The molecule has 6 heteroatoms. The third kappa shape index (κ3) is 2.34. The van der Waals surface area contributed by atoms with E-state index in [1.54, 1.807) is 24.3 Å². The van der Waals surface area contributed by atoms with E-state index >= 15 is 0 Å². The molecule has 2 rings (SSSR count). The molecule has 17 heavy (non-hydrogen) atoms. The van der Waals surface area contributed by atoms with Crippen molar-refractivity contribution in [2.75, 3.05) is 11.4 Å². The van der Waals surface area contributed by atoms with Gasteiger partial charge >= 0.3 is 12.1 Å². The number of carboxylic acids is 1. The van der Waals surface area contributed by atoms with Gasteiger partial charge in [0.1, 0.15) is 0 Å². The lowest BCUT2D eigenvalue weighted by Gasteiger charge is -2.30. The zero-order valence-electron chi connectivity index (χ0n) is 8.80. The fourth-order valence-electron chi connectivity index (χ4n) is 1.65. The number of hydrogen-bond acceptors (Lipinski definition) is 3. The summed E-state index contributed by atoms with van der Waals surface area (Å²) in [6, 6.07) is 6.84. The van der Waals surface area contributed by atoms with Gasteiger partial charge in [0, 0.05) is 13.0 Å². The van der Waals surface area contributed by atoms with Crippen LogP contribution in [0.25, 0.3) is 0 Å². The highest BCUT2D eigenvalue weighted by Crippen LogP contribution is 2.28. The zero-order valence-corrected chi connectivity index (χ0v) is 9.55. The lowest BCUT2D eigenvalue weighted by molar-refractivity contribution is -0.147. The molecule has 1 N–H and O–H groups in total. The molecule has 1 amide bonds. The first-order valence-electron chi connectivity index (χ1n) is 5.05. The van der Waals surface area contributed by atoms with Gasteiger partial charge in [0.15, 0.2) is 0 Å². The summed E-state index contributed by atoms with van der Waals surface area (Å²) in [5.74, 6) is -1.13. The highest BCUT2D eigenvalue weighted by molar-refractivity contribution is 6.33. The van der Waals surface area contributed by atoms with Gasteiger partial charge in [0.05, 0.1) is 10.7 Å². The number of ether oxygens (including phenoxy) is 1. The summed E-state index contributed by atoms with van der Waals surface area (Å²) in [7, 11) is 0. The minimum absolute atomic E-state index is 0.242. The molecule has 0 aromatic heterocycles. The number of carboxylic acid groups (broad SMARTS) is 1. The lowest BCUT2D eigenvalue weighted by atomic mass is 10.2. The molecule has 1 aliphatic heterocycles. The summed E-state index contributed by atoms with van der Waals surface area (Å²) < 4.78 is 4.80. The number of halogens is 1. The Morgan fingerprint density at radius 1 is 1.47 bits per heavy atom. The molecule has 1 aromatic carbocycles. The molecule has 1 aliphatic rings. The predicted octanol–water partition coefficient (Wildman–Crippen LogP) is 2.14. The first kappa shape index (κ1) is 11.7. The smallest absolute Gasteiger partial charge is 0.415 e. The van der Waals surface area contributed by atoms with E-state index in [1.807, 2.05) is 0 Å². The average Bonchev–Trinajstić information content (AvgIpc) is 2.30. The van der Waals surface area contributed by atoms with Crippen molar-refractivity contribution >= 4 is 29.4 Å². The Hall–Kier alpha value is -1.75. The van der Waals surface area contributed by atoms with Crippen LogP contribution >= 0.6 is 11.6 Å². The number of carbonyl (C=O) groups excluding carboxylic acids is 1. The van der Waals surface area contributed by atoms with Gasteiger partial charge in [0.2, 0.25) is 6.10 Å². The SMILES string of the molecule is O=C(O)C1CCN(c2ccccc2Cl)C(=O)O1. The normalized spacial score (nSPS) is 19.9. The number of benzene rings is 1. The van der Waals surface area contributed by atoms with E-state index in [4.69, 9.17) is 21.4 Å². The molecule has 90 valence electrons. The maximum atomic E-state index is 11.6. The van der Waals surface area contributed by atoms with Gasteiger partial charge in [-0.2, -0.15) is 0 Å². The van der Waals surface area contributed by atoms with Gasteiger partial charge in [0.25, 0.3) is 0 Å². The van der Waals surface area contributed by atoms with Crippen molar-refractivity contribution in [1.82, 2.24) is 0 Å². The monoisotopic (exact) mass is 255 g/mol.